The second-order valence-corrected chi connectivity index (χ2v) is 7.40. The molecule has 1 atom stereocenters. The van der Waals surface area contributed by atoms with E-state index in [1.807, 2.05) is 6.92 Å². The van der Waals surface area contributed by atoms with Crippen molar-refractivity contribution in [2.75, 3.05) is 7.11 Å². The van der Waals surface area contributed by atoms with Crippen LogP contribution < -0.4 is 0 Å². The Morgan fingerprint density at radius 3 is 2.63 bits per heavy atom. The van der Waals surface area contributed by atoms with Crippen molar-refractivity contribution in [2.45, 2.75) is 39.0 Å². The zero-order valence-electron chi connectivity index (χ0n) is 15.6. The van der Waals surface area contributed by atoms with Crippen molar-refractivity contribution < 1.29 is 29.0 Å². The van der Waals surface area contributed by atoms with E-state index in [0.717, 1.165) is 0 Å². The SMILES string of the molecule is COC(=O)C1=C(C)C2=CC(=O)c3c(c(O)c4oc(C)cc4c3O)[C@@]2(C)CC1. The monoisotopic (exact) mass is 368 g/mol. The number of hydrogen-bond donors (Lipinski definition) is 2. The number of phenols is 2. The topological polar surface area (TPSA) is 97.0 Å². The summed E-state index contributed by atoms with van der Waals surface area (Å²) in [4.78, 5) is 25.0. The molecular weight excluding hydrogens is 348 g/mol. The second kappa shape index (κ2) is 5.49. The summed E-state index contributed by atoms with van der Waals surface area (Å²) in [6.07, 6.45) is 2.38. The van der Waals surface area contributed by atoms with Crippen LogP contribution in [-0.2, 0) is 14.9 Å². The summed E-state index contributed by atoms with van der Waals surface area (Å²) in [6, 6.07) is 1.60. The van der Waals surface area contributed by atoms with Crippen LogP contribution in [0.5, 0.6) is 11.5 Å². The molecule has 2 aromatic rings. The average Bonchev–Trinajstić information content (AvgIpc) is 3.02. The first-order chi connectivity index (χ1) is 12.7. The smallest absolute Gasteiger partial charge is 0.333 e. The van der Waals surface area contributed by atoms with Crippen molar-refractivity contribution in [1.29, 1.82) is 0 Å². The average molecular weight is 368 g/mol. The molecule has 1 aromatic carbocycles. The summed E-state index contributed by atoms with van der Waals surface area (Å²) >= 11 is 0. The van der Waals surface area contributed by atoms with Gasteiger partial charge in [0, 0.05) is 16.6 Å². The number of aryl methyl sites for hydroxylation is 1. The summed E-state index contributed by atoms with van der Waals surface area (Å²) in [6.45, 7) is 5.39. The Kier molecular flexibility index (Phi) is 3.54. The van der Waals surface area contributed by atoms with Gasteiger partial charge in [0.25, 0.3) is 0 Å². The summed E-state index contributed by atoms with van der Waals surface area (Å²) in [5.74, 6) is -0.621. The molecule has 1 heterocycles. The fourth-order valence-electron chi connectivity index (χ4n) is 4.51. The zero-order valence-corrected chi connectivity index (χ0v) is 15.6. The predicted molar refractivity (Wildman–Crippen MR) is 98.0 cm³/mol. The van der Waals surface area contributed by atoms with Gasteiger partial charge in [0.15, 0.2) is 17.1 Å². The van der Waals surface area contributed by atoms with Gasteiger partial charge in [-0.05, 0) is 50.0 Å². The van der Waals surface area contributed by atoms with Gasteiger partial charge in [-0.15, -0.1) is 0 Å². The highest BCUT2D eigenvalue weighted by Gasteiger charge is 2.46. The van der Waals surface area contributed by atoms with Crippen LogP contribution in [0.3, 0.4) is 0 Å². The van der Waals surface area contributed by atoms with Crippen LogP contribution in [0.4, 0.5) is 0 Å². The molecule has 0 bridgehead atoms. The third-order valence-electron chi connectivity index (χ3n) is 5.88. The van der Waals surface area contributed by atoms with Gasteiger partial charge in [-0.1, -0.05) is 6.92 Å². The van der Waals surface area contributed by atoms with Gasteiger partial charge >= 0.3 is 5.97 Å². The molecule has 2 N–H and O–H groups in total. The number of ketones is 1. The Morgan fingerprint density at radius 1 is 1.26 bits per heavy atom. The molecule has 0 amide bonds. The molecule has 6 nitrogen and oxygen atoms in total. The lowest BCUT2D eigenvalue weighted by molar-refractivity contribution is -0.136. The fourth-order valence-corrected chi connectivity index (χ4v) is 4.51. The lowest BCUT2D eigenvalue weighted by Gasteiger charge is -2.41. The normalized spacial score (nSPS) is 21.8. The van der Waals surface area contributed by atoms with Crippen LogP contribution in [0.15, 0.2) is 33.3 Å². The molecule has 0 saturated heterocycles. The summed E-state index contributed by atoms with van der Waals surface area (Å²) in [5.41, 5.74) is 1.74. The number of methoxy groups -OCH3 is 1. The number of aromatic hydroxyl groups is 2. The maximum absolute atomic E-state index is 12.9. The van der Waals surface area contributed by atoms with Crippen LogP contribution in [0, 0.1) is 6.92 Å². The molecule has 6 heteroatoms. The van der Waals surface area contributed by atoms with E-state index in [0.29, 0.717) is 46.3 Å². The quantitative estimate of drug-likeness (QED) is 0.587. The number of fused-ring (bicyclic) bond motifs is 4. The van der Waals surface area contributed by atoms with Gasteiger partial charge < -0.3 is 19.4 Å². The molecule has 0 unspecified atom stereocenters. The Bertz CT molecular complexity index is 1100. The van der Waals surface area contributed by atoms with Crippen molar-refractivity contribution in [3.63, 3.8) is 0 Å². The maximum Gasteiger partial charge on any atom is 0.333 e. The maximum atomic E-state index is 12.9. The lowest BCUT2D eigenvalue weighted by Crippen LogP contribution is -2.36. The number of esters is 1. The number of carbonyl (C=O) groups is 2. The number of allylic oxidation sites excluding steroid dienone is 3. The van der Waals surface area contributed by atoms with E-state index < -0.39 is 17.2 Å². The first-order valence-corrected chi connectivity index (χ1v) is 8.74. The second-order valence-electron chi connectivity index (χ2n) is 7.40. The summed E-state index contributed by atoms with van der Waals surface area (Å²) in [7, 11) is 1.33. The molecule has 4 rings (SSSR count). The number of benzene rings is 1. The number of rotatable bonds is 1. The van der Waals surface area contributed by atoms with Crippen LogP contribution in [0.25, 0.3) is 11.0 Å². The van der Waals surface area contributed by atoms with E-state index >= 15 is 0 Å². The molecule has 2 aliphatic carbocycles. The summed E-state index contributed by atoms with van der Waals surface area (Å²) < 4.78 is 10.4. The third-order valence-corrected chi connectivity index (χ3v) is 5.88. The molecule has 2 aliphatic rings. The minimum Gasteiger partial charge on any atom is -0.506 e. The first-order valence-electron chi connectivity index (χ1n) is 8.74. The van der Waals surface area contributed by atoms with Crippen molar-refractivity contribution in [1.82, 2.24) is 0 Å². The van der Waals surface area contributed by atoms with E-state index in [2.05, 4.69) is 0 Å². The molecule has 27 heavy (non-hydrogen) atoms. The van der Waals surface area contributed by atoms with E-state index in [1.54, 1.807) is 19.9 Å². The van der Waals surface area contributed by atoms with Gasteiger partial charge in [-0.2, -0.15) is 0 Å². The number of ether oxygens (including phenoxy) is 1. The standard InChI is InChI=1S/C21H20O6/c1-9-7-12-17(23)15-14(22)8-13-10(2)11(20(25)26-4)5-6-21(13,3)16(15)18(24)19(12)27-9/h7-8,23-24H,5-6H2,1-4H3/t21-/m0/s1. The number of phenolic OH excluding ortho intramolecular Hbond substituents is 2. The number of furan rings is 1. The third kappa shape index (κ3) is 2.13. The fraction of sp³-hybridized carbons (Fsp3) is 0.333. The molecule has 0 saturated carbocycles. The van der Waals surface area contributed by atoms with E-state index in [1.165, 1.54) is 13.2 Å². The van der Waals surface area contributed by atoms with Gasteiger partial charge in [0.1, 0.15) is 11.5 Å². The molecule has 0 aliphatic heterocycles. The van der Waals surface area contributed by atoms with E-state index in [-0.39, 0.29) is 22.6 Å². The van der Waals surface area contributed by atoms with Crippen LogP contribution in [-0.4, -0.2) is 29.1 Å². The van der Waals surface area contributed by atoms with E-state index in [4.69, 9.17) is 9.15 Å². The molecule has 0 fully saturated rings. The lowest BCUT2D eigenvalue weighted by atomic mass is 9.61. The Labute approximate surface area is 155 Å². The Hall–Kier alpha value is -3.02. The van der Waals surface area contributed by atoms with Gasteiger partial charge in [-0.25, -0.2) is 4.79 Å². The predicted octanol–water partition coefficient (Wildman–Crippen LogP) is 3.82. The highest BCUT2D eigenvalue weighted by molar-refractivity contribution is 6.15. The first kappa shape index (κ1) is 17.4. The van der Waals surface area contributed by atoms with Crippen molar-refractivity contribution in [2.24, 2.45) is 0 Å². The van der Waals surface area contributed by atoms with Gasteiger partial charge in [-0.3, -0.25) is 4.79 Å². The summed E-state index contributed by atoms with van der Waals surface area (Å²) in [5, 5.41) is 22.0. The van der Waals surface area contributed by atoms with Crippen molar-refractivity contribution in [3.8, 4) is 11.5 Å². The minimum absolute atomic E-state index is 0.0985. The highest BCUT2D eigenvalue weighted by Crippen LogP contribution is 2.56. The highest BCUT2D eigenvalue weighted by atomic mass is 16.5. The molecule has 140 valence electrons. The van der Waals surface area contributed by atoms with Crippen LogP contribution >= 0.6 is 0 Å². The van der Waals surface area contributed by atoms with E-state index in [9.17, 15) is 19.8 Å². The van der Waals surface area contributed by atoms with Gasteiger partial charge in [0.05, 0.1) is 18.1 Å². The molecule has 0 radical (unpaired) electrons. The Balaban J connectivity index is 2.06. The molecule has 0 spiro atoms. The van der Waals surface area contributed by atoms with Crippen molar-refractivity contribution >= 4 is 22.7 Å². The van der Waals surface area contributed by atoms with Crippen LogP contribution in [0.2, 0.25) is 0 Å². The zero-order chi connectivity index (χ0) is 19.7. The largest absolute Gasteiger partial charge is 0.506 e. The Morgan fingerprint density at radius 2 is 1.96 bits per heavy atom. The molecule has 1 aromatic heterocycles. The minimum atomic E-state index is -0.735. The van der Waals surface area contributed by atoms with Gasteiger partial charge in [0.2, 0.25) is 0 Å². The molecular formula is C21H20O6. The number of hydrogen-bond acceptors (Lipinski definition) is 6. The van der Waals surface area contributed by atoms with Crippen LogP contribution in [0.1, 0.15) is 48.4 Å². The number of carbonyl (C=O) groups excluding carboxylic acids is 2. The van der Waals surface area contributed by atoms with Crippen molar-refractivity contribution in [3.05, 3.63) is 45.7 Å².